The van der Waals surface area contributed by atoms with E-state index < -0.39 is 0 Å². The van der Waals surface area contributed by atoms with Crippen molar-refractivity contribution in [1.29, 1.82) is 0 Å². The zero-order chi connectivity index (χ0) is 20.3. The number of hydrogen-bond acceptors (Lipinski definition) is 6. The molecule has 2 aliphatic rings. The summed E-state index contributed by atoms with van der Waals surface area (Å²) in [6, 6.07) is 14.3. The molecule has 29 heavy (non-hydrogen) atoms. The molecule has 4 rings (SSSR count). The van der Waals surface area contributed by atoms with Gasteiger partial charge in [-0.1, -0.05) is 36.4 Å². The molecule has 9 heteroatoms. The number of hydrogen-bond donors (Lipinski definition) is 2. The first kappa shape index (κ1) is 22.8. The maximum Gasteiger partial charge on any atom is 2.00 e. The molecule has 0 fully saturated rings. The third-order valence-electron chi connectivity index (χ3n) is 4.55. The molecule has 2 heterocycles. The van der Waals surface area contributed by atoms with Crippen LogP contribution in [0.15, 0.2) is 58.5 Å². The number of aromatic hydroxyl groups is 2. The second-order valence-corrected chi connectivity index (χ2v) is 6.50. The minimum atomic E-state index is -0.291. The third-order valence-corrected chi connectivity index (χ3v) is 4.55. The van der Waals surface area contributed by atoms with E-state index in [0.29, 0.717) is 0 Å². The number of benzene rings is 2. The summed E-state index contributed by atoms with van der Waals surface area (Å²) >= 11 is 0. The van der Waals surface area contributed by atoms with E-state index in [1.54, 1.807) is 34.3 Å². The molecule has 0 bridgehead atoms. The number of amidine groups is 2. The van der Waals surface area contributed by atoms with Crippen molar-refractivity contribution in [3.05, 3.63) is 70.5 Å². The van der Waals surface area contributed by atoms with Crippen molar-refractivity contribution in [3.8, 4) is 11.5 Å². The molecule has 2 aromatic carbocycles. The second-order valence-electron chi connectivity index (χ2n) is 6.50. The quantitative estimate of drug-likeness (QED) is 0.680. The van der Waals surface area contributed by atoms with E-state index in [9.17, 15) is 10.2 Å². The van der Waals surface area contributed by atoms with Gasteiger partial charge >= 0.3 is 19.5 Å². The van der Waals surface area contributed by atoms with Crippen LogP contribution in [0, 0.1) is 0 Å². The number of para-hydroxylation sites is 2. The zero-order valence-electron chi connectivity index (χ0n) is 17.1. The summed E-state index contributed by atoms with van der Waals surface area (Å²) < 4.78 is 0. The largest absolute Gasteiger partial charge is 2.00 e. The van der Waals surface area contributed by atoms with Crippen LogP contribution >= 0.6 is 0 Å². The van der Waals surface area contributed by atoms with E-state index >= 15 is 0 Å². The molecule has 2 aromatic rings. The van der Waals surface area contributed by atoms with E-state index in [0.717, 1.165) is 22.8 Å². The van der Waals surface area contributed by atoms with E-state index in [1.807, 2.05) is 52.2 Å². The summed E-state index contributed by atoms with van der Waals surface area (Å²) in [7, 11) is 3.69. The standard InChI is InChI=1S/2C10H12N3O.Zn/c2*1-7-11-10(12-13(7)2)8-5-3-4-6-9(8)14;/h2*3-6,10,14H,1-2H3;/q2*-1;+2. The Morgan fingerprint density at radius 2 is 1.07 bits per heavy atom. The van der Waals surface area contributed by atoms with Crippen LogP contribution in [0.5, 0.6) is 11.5 Å². The Morgan fingerprint density at radius 1 is 0.724 bits per heavy atom. The number of aliphatic imine (C=N–C) groups is 2. The van der Waals surface area contributed by atoms with Crippen molar-refractivity contribution in [2.24, 2.45) is 9.98 Å². The monoisotopic (exact) mass is 444 g/mol. The summed E-state index contributed by atoms with van der Waals surface area (Å²) in [4.78, 5) is 8.63. The van der Waals surface area contributed by atoms with E-state index in [-0.39, 0.29) is 43.3 Å². The van der Waals surface area contributed by atoms with Crippen molar-refractivity contribution in [2.45, 2.75) is 26.2 Å². The normalized spacial score (nSPS) is 20.4. The van der Waals surface area contributed by atoms with Crippen LogP contribution in [-0.2, 0) is 19.5 Å². The molecule has 0 amide bonds. The Hall–Kier alpha value is -2.48. The molecule has 2 N–H and O–H groups in total. The van der Waals surface area contributed by atoms with Crippen molar-refractivity contribution >= 4 is 11.7 Å². The van der Waals surface area contributed by atoms with Gasteiger partial charge in [0.2, 0.25) is 0 Å². The van der Waals surface area contributed by atoms with Gasteiger partial charge in [0.1, 0.15) is 11.5 Å². The Balaban J connectivity index is 0.000000200. The van der Waals surface area contributed by atoms with Crippen molar-refractivity contribution in [3.63, 3.8) is 0 Å². The molecular weight excluding hydrogens is 422 g/mol. The van der Waals surface area contributed by atoms with Gasteiger partial charge in [-0.15, -0.1) is 0 Å². The van der Waals surface area contributed by atoms with Crippen molar-refractivity contribution in [1.82, 2.24) is 10.0 Å². The summed E-state index contributed by atoms with van der Waals surface area (Å²) in [6.07, 6.45) is -0.581. The molecular formula is C20H24N6O2Zn. The zero-order valence-corrected chi connectivity index (χ0v) is 20.0. The van der Waals surface area contributed by atoms with E-state index in [1.165, 1.54) is 0 Å². The molecule has 0 aliphatic carbocycles. The van der Waals surface area contributed by atoms with Gasteiger partial charge < -0.3 is 31.1 Å². The van der Waals surface area contributed by atoms with Gasteiger partial charge in [0, 0.05) is 12.3 Å². The minimum absolute atomic E-state index is 0. The maximum absolute atomic E-state index is 9.60. The predicted octanol–water partition coefficient (Wildman–Crippen LogP) is 4.08. The van der Waals surface area contributed by atoms with Crippen LogP contribution in [0.1, 0.15) is 37.3 Å². The van der Waals surface area contributed by atoms with Crippen LogP contribution < -0.4 is 0 Å². The van der Waals surface area contributed by atoms with Crippen LogP contribution in [-0.4, -0.2) is 46.0 Å². The summed E-state index contributed by atoms with van der Waals surface area (Å²) in [5, 5.41) is 22.6. The smallest absolute Gasteiger partial charge is 0.542 e. The topological polar surface area (TPSA) is 99.9 Å². The number of nitrogens with zero attached hydrogens (tertiary/aromatic N) is 6. The van der Waals surface area contributed by atoms with Gasteiger partial charge in [0.05, 0.1) is 11.7 Å². The Morgan fingerprint density at radius 3 is 1.34 bits per heavy atom. The Bertz CT molecular complexity index is 831. The molecule has 0 aromatic heterocycles. The van der Waals surface area contributed by atoms with E-state index in [2.05, 4.69) is 20.8 Å². The average molecular weight is 446 g/mol. The Labute approximate surface area is 183 Å². The molecule has 0 saturated carbocycles. The molecule has 0 spiro atoms. The summed E-state index contributed by atoms with van der Waals surface area (Å²) in [5.41, 5.74) is 10.0. The molecule has 148 valence electrons. The fourth-order valence-corrected chi connectivity index (χ4v) is 2.74. The molecule has 0 radical (unpaired) electrons. The first-order valence-electron chi connectivity index (χ1n) is 8.90. The van der Waals surface area contributed by atoms with Gasteiger partial charge in [-0.3, -0.25) is 9.98 Å². The predicted molar refractivity (Wildman–Crippen MR) is 110 cm³/mol. The molecule has 8 nitrogen and oxygen atoms in total. The van der Waals surface area contributed by atoms with Gasteiger partial charge in [-0.25, -0.2) is 0 Å². The minimum Gasteiger partial charge on any atom is -0.542 e. The average Bonchev–Trinajstić information content (AvgIpc) is 3.18. The number of phenols is 2. The van der Waals surface area contributed by atoms with Crippen molar-refractivity contribution in [2.75, 3.05) is 14.1 Å². The first-order valence-corrected chi connectivity index (χ1v) is 8.90. The third kappa shape index (κ3) is 5.32. The van der Waals surface area contributed by atoms with E-state index in [4.69, 9.17) is 0 Å². The van der Waals surface area contributed by atoms with Gasteiger partial charge in [0.15, 0.2) is 0 Å². The van der Waals surface area contributed by atoms with Crippen LogP contribution in [0.2, 0.25) is 0 Å². The summed E-state index contributed by atoms with van der Waals surface area (Å²) in [5.74, 6) is 2.21. The SMILES string of the molecule is CC1=NC(c2ccccc2O)[N-]N1C.CC1=NC(c2ccccc2O)[N-]N1C.[Zn+2]. The van der Waals surface area contributed by atoms with Crippen LogP contribution in [0.3, 0.4) is 0 Å². The van der Waals surface area contributed by atoms with Gasteiger partial charge in [-0.05, 0) is 51.2 Å². The first-order chi connectivity index (χ1) is 13.4. The molecule has 0 saturated heterocycles. The molecule has 2 aliphatic heterocycles. The fourth-order valence-electron chi connectivity index (χ4n) is 2.74. The second kappa shape index (κ2) is 9.83. The van der Waals surface area contributed by atoms with Crippen LogP contribution in [0.25, 0.3) is 10.9 Å². The number of rotatable bonds is 2. The molecule has 2 atom stereocenters. The Kier molecular flexibility index (Phi) is 7.73. The van der Waals surface area contributed by atoms with Crippen molar-refractivity contribution < 1.29 is 29.7 Å². The van der Waals surface area contributed by atoms with Crippen LogP contribution in [0.4, 0.5) is 0 Å². The fraction of sp³-hybridized carbons (Fsp3) is 0.300. The van der Waals surface area contributed by atoms with Gasteiger partial charge in [0.25, 0.3) is 0 Å². The maximum atomic E-state index is 9.60. The van der Waals surface area contributed by atoms with Gasteiger partial charge in [-0.2, -0.15) is 0 Å². The number of phenolic OH excluding ortho intramolecular Hbond substituents is 2. The molecule has 2 unspecified atom stereocenters. The summed E-state index contributed by atoms with van der Waals surface area (Å²) in [6.45, 7) is 3.78.